The quantitative estimate of drug-likeness (QED) is 0.453. The van der Waals surface area contributed by atoms with Gasteiger partial charge in [0, 0.05) is 5.56 Å². The van der Waals surface area contributed by atoms with E-state index in [4.69, 9.17) is 4.74 Å². The molecule has 1 saturated carbocycles. The van der Waals surface area contributed by atoms with E-state index in [0.29, 0.717) is 12.5 Å². The van der Waals surface area contributed by atoms with Crippen molar-refractivity contribution in [3.05, 3.63) is 77.4 Å². The second-order valence-electron chi connectivity index (χ2n) is 8.04. The highest BCUT2D eigenvalue weighted by Gasteiger charge is 2.20. The topological polar surface area (TPSA) is 9.23 Å². The first-order valence-electron chi connectivity index (χ1n) is 11.3. The van der Waals surface area contributed by atoms with Crippen LogP contribution in [0, 0.1) is 17.8 Å². The molecule has 0 radical (unpaired) electrons. The zero-order chi connectivity index (χ0) is 20.3. The van der Waals surface area contributed by atoms with Crippen LogP contribution in [0.2, 0.25) is 0 Å². The van der Waals surface area contributed by atoms with Crippen molar-refractivity contribution in [3.63, 3.8) is 0 Å². The molecule has 0 atom stereocenters. The van der Waals surface area contributed by atoms with Crippen LogP contribution < -0.4 is 4.74 Å². The average Bonchev–Trinajstić information content (AvgIpc) is 2.77. The number of hydrogen-bond acceptors (Lipinski definition) is 1. The van der Waals surface area contributed by atoms with Gasteiger partial charge in [0.15, 0.2) is 0 Å². The van der Waals surface area contributed by atoms with Crippen LogP contribution in [0.4, 0.5) is 0 Å². The Hall–Kier alpha value is -2.46. The zero-order valence-electron chi connectivity index (χ0n) is 18.0. The Balaban J connectivity index is 1.45. The highest BCUT2D eigenvalue weighted by molar-refractivity contribution is 5.40. The number of aryl methyl sites for hydroxylation is 1. The standard InChI is InChI=1S/C28H34O/c1-3-5-8-23-11-17-26(18-12-23)27-19-13-24(14-20-27)9-6-7-10-25-15-21-28(22-16-25)29-4-2/h6,9,11-12,15-18,21-22,24,27H,3-5,8,13-14,19-20H2,1-2H3/t24-,27-. The lowest BCUT2D eigenvalue weighted by atomic mass is 9.78. The third-order valence-corrected chi connectivity index (χ3v) is 5.88. The number of rotatable bonds is 7. The van der Waals surface area contributed by atoms with Crippen LogP contribution in [0.25, 0.3) is 0 Å². The molecule has 0 aromatic heterocycles. The summed E-state index contributed by atoms with van der Waals surface area (Å²) in [6.45, 7) is 4.95. The Kier molecular flexibility index (Phi) is 8.44. The molecular weight excluding hydrogens is 352 g/mol. The summed E-state index contributed by atoms with van der Waals surface area (Å²) in [6.07, 6.45) is 13.2. The van der Waals surface area contributed by atoms with Crippen molar-refractivity contribution in [3.8, 4) is 17.6 Å². The summed E-state index contributed by atoms with van der Waals surface area (Å²) in [7, 11) is 0. The first-order valence-corrected chi connectivity index (χ1v) is 11.3. The minimum atomic E-state index is 0.671. The van der Waals surface area contributed by atoms with Gasteiger partial charge in [-0.2, -0.15) is 0 Å². The van der Waals surface area contributed by atoms with Crippen molar-refractivity contribution in [2.24, 2.45) is 5.92 Å². The van der Waals surface area contributed by atoms with Crippen LogP contribution in [0.1, 0.15) is 75.0 Å². The lowest BCUT2D eigenvalue weighted by Crippen LogP contribution is -2.11. The monoisotopic (exact) mass is 386 g/mol. The fourth-order valence-corrected chi connectivity index (χ4v) is 4.09. The molecule has 0 saturated heterocycles. The van der Waals surface area contributed by atoms with Gasteiger partial charge < -0.3 is 4.74 Å². The van der Waals surface area contributed by atoms with Crippen LogP contribution in [0.3, 0.4) is 0 Å². The van der Waals surface area contributed by atoms with Crippen molar-refractivity contribution >= 4 is 0 Å². The molecule has 152 valence electrons. The van der Waals surface area contributed by atoms with E-state index in [9.17, 15) is 0 Å². The highest BCUT2D eigenvalue weighted by atomic mass is 16.5. The first kappa shape index (κ1) is 21.3. The molecule has 29 heavy (non-hydrogen) atoms. The predicted octanol–water partition coefficient (Wildman–Crippen LogP) is 7.31. The van der Waals surface area contributed by atoms with Crippen LogP contribution in [-0.2, 0) is 6.42 Å². The van der Waals surface area contributed by atoms with E-state index in [0.717, 1.165) is 17.2 Å². The Labute approximate surface area is 177 Å². The molecule has 1 aliphatic carbocycles. The van der Waals surface area contributed by atoms with Gasteiger partial charge in [0.05, 0.1) is 6.61 Å². The predicted molar refractivity (Wildman–Crippen MR) is 123 cm³/mol. The van der Waals surface area contributed by atoms with Crippen molar-refractivity contribution in [1.82, 2.24) is 0 Å². The maximum absolute atomic E-state index is 5.47. The van der Waals surface area contributed by atoms with Gasteiger partial charge in [0.2, 0.25) is 0 Å². The van der Waals surface area contributed by atoms with Crippen molar-refractivity contribution in [2.45, 2.75) is 64.7 Å². The van der Waals surface area contributed by atoms with Crippen LogP contribution in [0.15, 0.2) is 60.7 Å². The van der Waals surface area contributed by atoms with Gasteiger partial charge in [-0.1, -0.05) is 55.5 Å². The SMILES string of the molecule is CCCCc1ccc([C@H]2CC[C@H](C=CC#Cc3ccc(OCC)cc3)CC2)cc1. The minimum absolute atomic E-state index is 0.671. The molecule has 1 heteroatoms. The molecule has 2 aromatic rings. The van der Waals surface area contributed by atoms with E-state index < -0.39 is 0 Å². The highest BCUT2D eigenvalue weighted by Crippen LogP contribution is 2.36. The average molecular weight is 387 g/mol. The second kappa shape index (κ2) is 11.5. The lowest BCUT2D eigenvalue weighted by Gasteiger charge is -2.27. The molecule has 1 fully saturated rings. The minimum Gasteiger partial charge on any atom is -0.494 e. The van der Waals surface area contributed by atoms with Crippen LogP contribution in [-0.4, -0.2) is 6.61 Å². The molecule has 3 rings (SSSR count). The molecule has 0 aliphatic heterocycles. The van der Waals surface area contributed by atoms with E-state index in [1.54, 1.807) is 0 Å². The van der Waals surface area contributed by atoms with E-state index >= 15 is 0 Å². The Bertz CT molecular complexity index is 809. The van der Waals surface area contributed by atoms with Crippen LogP contribution in [0.5, 0.6) is 5.75 Å². The summed E-state index contributed by atoms with van der Waals surface area (Å²) in [5.41, 5.74) is 4.05. The number of ether oxygens (including phenoxy) is 1. The van der Waals surface area contributed by atoms with Gasteiger partial charge >= 0.3 is 0 Å². The molecule has 0 bridgehead atoms. The molecule has 0 heterocycles. The third-order valence-electron chi connectivity index (χ3n) is 5.88. The Morgan fingerprint density at radius 3 is 2.31 bits per heavy atom. The van der Waals surface area contributed by atoms with Crippen LogP contribution >= 0.6 is 0 Å². The van der Waals surface area contributed by atoms with E-state index in [1.165, 1.54) is 56.1 Å². The van der Waals surface area contributed by atoms with E-state index in [-0.39, 0.29) is 0 Å². The fraction of sp³-hybridized carbons (Fsp3) is 0.429. The molecular formula is C28H34O. The Morgan fingerprint density at radius 1 is 0.931 bits per heavy atom. The fourth-order valence-electron chi connectivity index (χ4n) is 4.09. The molecule has 0 unspecified atom stereocenters. The maximum Gasteiger partial charge on any atom is 0.119 e. The Morgan fingerprint density at radius 2 is 1.66 bits per heavy atom. The summed E-state index contributed by atoms with van der Waals surface area (Å²) in [5.74, 6) is 8.72. The van der Waals surface area contributed by atoms with Gasteiger partial charge in [-0.05, 0) is 98.8 Å². The molecule has 0 spiro atoms. The maximum atomic E-state index is 5.47. The van der Waals surface area contributed by atoms with Gasteiger partial charge in [-0.25, -0.2) is 0 Å². The number of hydrogen-bond donors (Lipinski definition) is 0. The van der Waals surface area contributed by atoms with E-state index in [2.05, 4.69) is 49.1 Å². The smallest absolute Gasteiger partial charge is 0.119 e. The van der Waals surface area contributed by atoms with Crippen molar-refractivity contribution < 1.29 is 4.74 Å². The molecule has 1 nitrogen and oxygen atoms in total. The van der Waals surface area contributed by atoms with Gasteiger partial charge in [-0.15, -0.1) is 0 Å². The lowest BCUT2D eigenvalue weighted by molar-refractivity contribution is 0.340. The van der Waals surface area contributed by atoms with Gasteiger partial charge in [-0.3, -0.25) is 0 Å². The first-order chi connectivity index (χ1) is 14.3. The second-order valence-corrected chi connectivity index (χ2v) is 8.04. The molecule has 0 N–H and O–H groups in total. The molecule has 0 amide bonds. The van der Waals surface area contributed by atoms with Crippen molar-refractivity contribution in [2.75, 3.05) is 6.61 Å². The summed E-state index contributed by atoms with van der Waals surface area (Å²) in [4.78, 5) is 0. The largest absolute Gasteiger partial charge is 0.494 e. The van der Waals surface area contributed by atoms with Gasteiger partial charge in [0.1, 0.15) is 5.75 Å². The number of allylic oxidation sites excluding steroid dienone is 2. The summed E-state index contributed by atoms with van der Waals surface area (Å²) < 4.78 is 5.47. The molecule has 1 aliphatic rings. The van der Waals surface area contributed by atoms with E-state index in [1.807, 2.05) is 37.3 Å². The molecule has 2 aromatic carbocycles. The zero-order valence-corrected chi connectivity index (χ0v) is 18.0. The number of unbranched alkanes of at least 4 members (excludes halogenated alkanes) is 1. The van der Waals surface area contributed by atoms with Gasteiger partial charge in [0.25, 0.3) is 0 Å². The summed E-state index contributed by atoms with van der Waals surface area (Å²) in [5, 5.41) is 0. The normalized spacial score (nSPS) is 19.0. The number of benzene rings is 2. The summed E-state index contributed by atoms with van der Waals surface area (Å²) >= 11 is 0. The third kappa shape index (κ3) is 6.82. The van der Waals surface area contributed by atoms with Crippen molar-refractivity contribution in [1.29, 1.82) is 0 Å². The summed E-state index contributed by atoms with van der Waals surface area (Å²) in [6, 6.07) is 17.4.